The van der Waals surface area contributed by atoms with E-state index in [1.807, 2.05) is 0 Å². The van der Waals surface area contributed by atoms with Crippen LogP contribution >= 0.6 is 27.3 Å². The van der Waals surface area contributed by atoms with Crippen molar-refractivity contribution in [1.29, 1.82) is 0 Å². The summed E-state index contributed by atoms with van der Waals surface area (Å²) in [6, 6.07) is 4.10. The molecule has 136 valence electrons. The lowest BCUT2D eigenvalue weighted by atomic mass is 10.3. The van der Waals surface area contributed by atoms with Gasteiger partial charge in [0.15, 0.2) is 5.13 Å². The van der Waals surface area contributed by atoms with Crippen molar-refractivity contribution in [2.24, 2.45) is 0 Å². The Morgan fingerprint density at radius 1 is 1.35 bits per heavy atom. The summed E-state index contributed by atoms with van der Waals surface area (Å²) in [6.45, 7) is 1.72. The zero-order chi connectivity index (χ0) is 18.9. The highest BCUT2D eigenvalue weighted by Gasteiger charge is 2.22. The summed E-state index contributed by atoms with van der Waals surface area (Å²) < 4.78 is 38.3. The average Bonchev–Trinajstić information content (AvgIpc) is 2.96. The minimum Gasteiger partial charge on any atom is -0.296 e. The van der Waals surface area contributed by atoms with E-state index < -0.39 is 26.7 Å². The van der Waals surface area contributed by atoms with Gasteiger partial charge in [0.25, 0.3) is 5.91 Å². The molecular formula is C15H12BrFN4O3S2. The summed E-state index contributed by atoms with van der Waals surface area (Å²) >= 11 is 4.25. The highest BCUT2D eigenvalue weighted by molar-refractivity contribution is 9.10. The lowest BCUT2D eigenvalue weighted by molar-refractivity contribution is 0.102. The molecule has 2 aromatic heterocycles. The van der Waals surface area contributed by atoms with Crippen LogP contribution in [0.1, 0.15) is 23.8 Å². The molecule has 0 unspecified atom stereocenters. The Morgan fingerprint density at radius 2 is 2.12 bits per heavy atom. The lowest BCUT2D eigenvalue weighted by Gasteiger charge is -2.06. The second kappa shape index (κ2) is 7.33. The van der Waals surface area contributed by atoms with Crippen molar-refractivity contribution in [3.8, 4) is 0 Å². The van der Waals surface area contributed by atoms with Gasteiger partial charge in [-0.25, -0.2) is 27.8 Å². The van der Waals surface area contributed by atoms with Gasteiger partial charge in [0.05, 0.1) is 20.4 Å². The Balaban J connectivity index is 1.91. The van der Waals surface area contributed by atoms with Crippen molar-refractivity contribution in [2.45, 2.75) is 18.5 Å². The molecule has 0 aliphatic carbocycles. The Hall–Kier alpha value is -1.98. The number of carbonyl (C=O) groups is 1. The molecule has 1 amide bonds. The molecule has 7 nitrogen and oxygen atoms in total. The smallest absolute Gasteiger partial charge is 0.277 e. The molecule has 1 N–H and O–H groups in total. The molecule has 3 rings (SSSR count). The number of rotatable bonds is 5. The molecule has 11 heteroatoms. The van der Waals surface area contributed by atoms with Gasteiger partial charge in [-0.2, -0.15) is 0 Å². The second-order valence-corrected chi connectivity index (χ2v) is 9.14. The number of thiazole rings is 1. The molecule has 1 aromatic carbocycles. The number of halogens is 2. The molecule has 0 fully saturated rings. The molecule has 0 atom stereocenters. The normalized spacial score (nSPS) is 11.7. The number of aromatic nitrogens is 3. The zero-order valence-electron chi connectivity index (χ0n) is 13.4. The lowest BCUT2D eigenvalue weighted by Crippen LogP contribution is -2.18. The molecule has 0 saturated carbocycles. The highest BCUT2D eigenvalue weighted by Crippen LogP contribution is 2.27. The Morgan fingerprint density at radius 3 is 2.85 bits per heavy atom. The molecular weight excluding hydrogens is 447 g/mol. The third-order valence-electron chi connectivity index (χ3n) is 3.26. The first-order valence-corrected chi connectivity index (χ1v) is 10.7. The van der Waals surface area contributed by atoms with Crippen LogP contribution in [0.3, 0.4) is 0 Å². The van der Waals surface area contributed by atoms with Gasteiger partial charge < -0.3 is 0 Å². The Kier molecular flexibility index (Phi) is 5.30. The van der Waals surface area contributed by atoms with Crippen molar-refractivity contribution in [1.82, 2.24) is 15.0 Å². The summed E-state index contributed by atoms with van der Waals surface area (Å²) in [6.07, 6.45) is 1.63. The first-order chi connectivity index (χ1) is 12.3. The molecule has 0 radical (unpaired) electrons. The minimum absolute atomic E-state index is 0.112. The fraction of sp³-hybridized carbons (Fsp3) is 0.200. The number of amides is 1. The van der Waals surface area contributed by atoms with E-state index in [-0.39, 0.29) is 21.1 Å². The van der Waals surface area contributed by atoms with Crippen LogP contribution in [0.4, 0.5) is 9.52 Å². The van der Waals surface area contributed by atoms with Crippen LogP contribution < -0.4 is 5.32 Å². The minimum atomic E-state index is -3.66. The van der Waals surface area contributed by atoms with Gasteiger partial charge in [0.1, 0.15) is 11.5 Å². The summed E-state index contributed by atoms with van der Waals surface area (Å²) in [5.41, 5.74) is 0.416. The van der Waals surface area contributed by atoms with Crippen LogP contribution in [0, 0.1) is 5.82 Å². The highest BCUT2D eigenvalue weighted by atomic mass is 79.9. The Bertz CT molecular complexity index is 1100. The maximum atomic E-state index is 13.3. The predicted molar refractivity (Wildman–Crippen MR) is 99.6 cm³/mol. The maximum Gasteiger partial charge on any atom is 0.277 e. The molecule has 0 spiro atoms. The van der Waals surface area contributed by atoms with Crippen LogP contribution in [0.25, 0.3) is 10.2 Å². The summed E-state index contributed by atoms with van der Waals surface area (Å²) in [7, 11) is -3.66. The molecule has 0 aliphatic heterocycles. The van der Waals surface area contributed by atoms with Crippen LogP contribution in [0.5, 0.6) is 0 Å². The molecule has 0 bridgehead atoms. The number of benzene rings is 1. The first-order valence-electron chi connectivity index (χ1n) is 7.43. The van der Waals surface area contributed by atoms with Crippen molar-refractivity contribution in [3.05, 3.63) is 40.4 Å². The summed E-state index contributed by atoms with van der Waals surface area (Å²) in [4.78, 5) is 24.3. The van der Waals surface area contributed by atoms with Crippen molar-refractivity contribution < 1.29 is 17.6 Å². The van der Waals surface area contributed by atoms with E-state index in [1.54, 1.807) is 6.92 Å². The monoisotopic (exact) mass is 458 g/mol. The molecule has 0 saturated heterocycles. The molecule has 3 aromatic rings. The number of hydrogen-bond acceptors (Lipinski definition) is 7. The maximum absolute atomic E-state index is 13.3. The van der Waals surface area contributed by atoms with Gasteiger partial charge in [-0.3, -0.25) is 10.1 Å². The number of hydrogen-bond donors (Lipinski definition) is 1. The van der Waals surface area contributed by atoms with Gasteiger partial charge in [0.2, 0.25) is 15.0 Å². The van der Waals surface area contributed by atoms with Crippen molar-refractivity contribution in [3.63, 3.8) is 0 Å². The van der Waals surface area contributed by atoms with E-state index >= 15 is 0 Å². The Labute approximate surface area is 160 Å². The topological polar surface area (TPSA) is 102 Å². The number of anilines is 1. The summed E-state index contributed by atoms with van der Waals surface area (Å²) in [5, 5.41) is 2.40. The van der Waals surface area contributed by atoms with Gasteiger partial charge in [0, 0.05) is 6.20 Å². The number of nitrogens with zero attached hydrogens (tertiary/aromatic N) is 3. The third kappa shape index (κ3) is 3.89. The quantitative estimate of drug-likeness (QED) is 0.587. The molecule has 0 aliphatic rings. The first kappa shape index (κ1) is 18.8. The zero-order valence-corrected chi connectivity index (χ0v) is 16.6. The van der Waals surface area contributed by atoms with Crippen LogP contribution in [0.15, 0.2) is 34.0 Å². The second-order valence-electron chi connectivity index (χ2n) is 5.25. The fourth-order valence-corrected chi connectivity index (χ4v) is 4.55. The van der Waals surface area contributed by atoms with Gasteiger partial charge in [-0.15, -0.1) is 0 Å². The van der Waals surface area contributed by atoms with E-state index in [9.17, 15) is 17.6 Å². The van der Waals surface area contributed by atoms with Gasteiger partial charge >= 0.3 is 0 Å². The van der Waals surface area contributed by atoms with Crippen LogP contribution in [-0.2, 0) is 9.84 Å². The number of carbonyl (C=O) groups excluding carboxylic acids is 1. The van der Waals surface area contributed by atoms with Gasteiger partial charge in [-0.05, 0) is 40.5 Å². The van der Waals surface area contributed by atoms with E-state index in [4.69, 9.17) is 0 Å². The number of nitrogens with one attached hydrogen (secondary N) is 1. The van der Waals surface area contributed by atoms with Crippen molar-refractivity contribution >= 4 is 58.4 Å². The van der Waals surface area contributed by atoms with Gasteiger partial charge in [-0.1, -0.05) is 18.3 Å². The van der Waals surface area contributed by atoms with E-state index in [1.165, 1.54) is 24.4 Å². The fourth-order valence-electron chi connectivity index (χ4n) is 2.13. The number of sulfone groups is 1. The SMILES string of the molecule is CCCS(=O)(=O)c1ncc(Br)c(C(=O)Nc2nc3ccc(F)cc3s2)n1. The van der Waals surface area contributed by atoms with Crippen LogP contribution in [0.2, 0.25) is 0 Å². The van der Waals surface area contributed by atoms with E-state index in [0.717, 1.165) is 11.3 Å². The van der Waals surface area contributed by atoms with Crippen molar-refractivity contribution in [2.75, 3.05) is 11.1 Å². The summed E-state index contributed by atoms with van der Waals surface area (Å²) in [5.74, 6) is -1.16. The average molecular weight is 459 g/mol. The van der Waals surface area contributed by atoms with E-state index in [0.29, 0.717) is 16.6 Å². The molecule has 26 heavy (non-hydrogen) atoms. The largest absolute Gasteiger partial charge is 0.296 e. The van der Waals surface area contributed by atoms with Crippen LogP contribution in [-0.4, -0.2) is 35.0 Å². The van der Waals surface area contributed by atoms with E-state index in [2.05, 4.69) is 36.2 Å². The third-order valence-corrected chi connectivity index (χ3v) is 6.47. The predicted octanol–water partition coefficient (Wildman–Crippen LogP) is 3.42. The standard InChI is InChI=1S/C15H12BrFN4O3S2/c1-2-5-26(23,24)15-18-7-9(16)12(20-15)13(22)21-14-19-10-4-3-8(17)6-11(10)25-14/h3-4,6-7H,2,5H2,1H3,(H,19,21,22). The molecule has 2 heterocycles. The number of fused-ring (bicyclic) bond motifs is 1.